The Bertz CT molecular complexity index is 559. The monoisotopic (exact) mass is 643 g/mol. The van der Waals surface area contributed by atoms with Gasteiger partial charge < -0.3 is 0 Å². The SMILES string of the molecule is CC(C(C)C(C)(C)[O][Ge]([N](C)C)([N](C)C)[N](C)C)C(C)C(C)([O][Sb]([N](C)C)[N](C)C)C(C)C. The summed E-state index contributed by atoms with van der Waals surface area (Å²) in [4.78, 5) is 0. The first-order chi connectivity index (χ1) is 14.7. The van der Waals surface area contributed by atoms with Crippen LogP contribution < -0.4 is 0 Å². The van der Waals surface area contributed by atoms with Gasteiger partial charge in [0.2, 0.25) is 0 Å². The second kappa shape index (κ2) is 13.0. The molecule has 9 heteroatoms. The van der Waals surface area contributed by atoms with Crippen molar-refractivity contribution in [2.24, 2.45) is 23.7 Å². The summed E-state index contributed by atoms with van der Waals surface area (Å²) in [5.74, 6) is 1.57. The van der Waals surface area contributed by atoms with E-state index in [-0.39, 0.29) is 11.2 Å². The average Bonchev–Trinajstić information content (AvgIpc) is 2.66. The fraction of sp³-hybridized carbons (Fsp3) is 1.00. The summed E-state index contributed by atoms with van der Waals surface area (Å²) in [6.07, 6.45) is 0. The molecule has 0 aromatic rings. The van der Waals surface area contributed by atoms with Crippen LogP contribution in [0.2, 0.25) is 0 Å². The van der Waals surface area contributed by atoms with E-state index in [1.54, 1.807) is 0 Å². The molecule has 0 N–H and O–H groups in total. The van der Waals surface area contributed by atoms with Crippen molar-refractivity contribution in [2.45, 2.75) is 66.6 Å². The van der Waals surface area contributed by atoms with Crippen LogP contribution in [0.15, 0.2) is 0 Å². The quantitative estimate of drug-likeness (QED) is 0.269. The zero-order chi connectivity index (χ0) is 26.7. The molecule has 0 bridgehead atoms. The predicted molar refractivity (Wildman–Crippen MR) is 147 cm³/mol. The first-order valence-electron chi connectivity index (χ1n) is 12.3. The van der Waals surface area contributed by atoms with E-state index >= 15 is 0 Å². The Morgan fingerprint density at radius 1 is 0.636 bits per heavy atom. The summed E-state index contributed by atoms with van der Waals surface area (Å²) in [5, 5.41) is 0. The van der Waals surface area contributed by atoms with Gasteiger partial charge in [-0.1, -0.05) is 0 Å². The van der Waals surface area contributed by atoms with E-state index in [1.807, 2.05) is 0 Å². The van der Waals surface area contributed by atoms with E-state index in [4.69, 9.17) is 6.78 Å². The summed E-state index contributed by atoms with van der Waals surface area (Å²) >= 11 is -5.30. The molecule has 0 rings (SSSR count). The summed E-state index contributed by atoms with van der Waals surface area (Å²) in [5.41, 5.74) is -0.488. The van der Waals surface area contributed by atoms with Gasteiger partial charge in [-0.25, -0.2) is 0 Å². The molecule has 0 aliphatic carbocycles. The molecule has 200 valence electrons. The topological polar surface area (TPSA) is 34.7 Å². The van der Waals surface area contributed by atoms with Gasteiger partial charge in [0.05, 0.1) is 0 Å². The van der Waals surface area contributed by atoms with Crippen molar-refractivity contribution in [3.63, 3.8) is 0 Å². The number of hydrogen-bond donors (Lipinski definition) is 0. The van der Waals surface area contributed by atoms with Gasteiger partial charge in [-0.2, -0.15) is 0 Å². The molecular weight excluding hydrogens is 585 g/mol. The van der Waals surface area contributed by atoms with Crippen molar-refractivity contribution in [3.8, 4) is 0 Å². The van der Waals surface area contributed by atoms with Crippen LogP contribution in [0.25, 0.3) is 0 Å². The average molecular weight is 643 g/mol. The van der Waals surface area contributed by atoms with Crippen LogP contribution in [0.1, 0.15) is 55.4 Å². The van der Waals surface area contributed by atoms with Crippen LogP contribution in [0.5, 0.6) is 0 Å². The Hall–Kier alpha value is 1.08. The molecule has 0 fully saturated rings. The van der Waals surface area contributed by atoms with E-state index in [1.165, 1.54) is 0 Å². The van der Waals surface area contributed by atoms with E-state index in [0.29, 0.717) is 23.7 Å². The third-order valence-electron chi connectivity index (χ3n) is 7.83. The van der Waals surface area contributed by atoms with E-state index in [0.717, 1.165) is 0 Å². The summed E-state index contributed by atoms with van der Waals surface area (Å²) in [6, 6.07) is 0. The van der Waals surface area contributed by atoms with Gasteiger partial charge in [0, 0.05) is 0 Å². The summed E-state index contributed by atoms with van der Waals surface area (Å²) in [6.45, 7) is 18.7. The fourth-order valence-corrected chi connectivity index (χ4v) is 18.0. The van der Waals surface area contributed by atoms with Crippen molar-refractivity contribution in [2.75, 3.05) is 70.5 Å². The van der Waals surface area contributed by atoms with Gasteiger partial charge in [0.15, 0.2) is 0 Å². The van der Waals surface area contributed by atoms with Crippen molar-refractivity contribution < 1.29 is 6.78 Å². The third-order valence-corrected chi connectivity index (χ3v) is 22.3. The van der Waals surface area contributed by atoms with Crippen molar-refractivity contribution in [1.82, 2.24) is 17.7 Å². The second-order valence-electron chi connectivity index (χ2n) is 11.8. The Morgan fingerprint density at radius 2 is 1.00 bits per heavy atom. The van der Waals surface area contributed by atoms with Crippen LogP contribution in [0.4, 0.5) is 0 Å². The molecule has 0 radical (unpaired) electrons. The minimum atomic E-state index is -3.10. The Morgan fingerprint density at radius 3 is 1.27 bits per heavy atom. The molecule has 0 aliphatic heterocycles. The van der Waals surface area contributed by atoms with Crippen molar-refractivity contribution in [3.05, 3.63) is 0 Å². The maximum atomic E-state index is 7.19. The van der Waals surface area contributed by atoms with Gasteiger partial charge in [0.25, 0.3) is 0 Å². The third kappa shape index (κ3) is 7.78. The molecule has 33 heavy (non-hydrogen) atoms. The van der Waals surface area contributed by atoms with E-state index in [2.05, 4.69) is 144 Å². The molecular formula is C24H58GeN5O2Sb. The Kier molecular flexibility index (Phi) is 13.5. The van der Waals surface area contributed by atoms with Crippen molar-refractivity contribution >= 4 is 35.5 Å². The summed E-state index contributed by atoms with van der Waals surface area (Å²) in [7, 11) is 21.6. The van der Waals surface area contributed by atoms with E-state index in [9.17, 15) is 0 Å². The second-order valence-corrected chi connectivity index (χ2v) is 26.8. The molecule has 0 spiro atoms. The van der Waals surface area contributed by atoms with Gasteiger partial charge in [0.1, 0.15) is 0 Å². The molecule has 0 aromatic carbocycles. The van der Waals surface area contributed by atoms with Crippen LogP contribution >= 0.6 is 0 Å². The number of hydrogen-bond acceptors (Lipinski definition) is 7. The molecule has 0 heterocycles. The Balaban J connectivity index is 6.09. The van der Waals surface area contributed by atoms with Gasteiger partial charge >= 0.3 is 221 Å². The molecule has 0 saturated carbocycles. The molecule has 0 amide bonds. The zero-order valence-electron chi connectivity index (χ0n) is 25.3. The number of nitrogens with zero attached hydrogens (tertiary/aromatic N) is 5. The zero-order valence-corrected chi connectivity index (χ0v) is 30.0. The molecule has 0 aliphatic rings. The fourth-order valence-electron chi connectivity index (χ4n) is 4.92. The van der Waals surface area contributed by atoms with Crippen LogP contribution in [0.3, 0.4) is 0 Å². The predicted octanol–water partition coefficient (Wildman–Crippen LogP) is 3.35. The van der Waals surface area contributed by atoms with Gasteiger partial charge in [-0.3, -0.25) is 0 Å². The molecule has 0 aromatic heterocycles. The molecule has 0 saturated heterocycles. The first kappa shape index (κ1) is 34.1. The number of rotatable bonds is 14. The molecule has 4 unspecified atom stereocenters. The van der Waals surface area contributed by atoms with Crippen molar-refractivity contribution in [1.29, 1.82) is 0 Å². The standard InChI is InChI=1S/C20H46GeN3O2.2C2H6N.Sb/c1-15(2)20(8,25)18(5)16(3)17(4)19(6,7)26-21(22(9)10,23(11)12)24(13)14;2*1-3-2;/h15-18H,1-14H3;2*1-2H3;/q3*-1;+3. The summed E-state index contributed by atoms with van der Waals surface area (Å²) < 4.78 is 25.9. The molecule has 7 nitrogen and oxygen atoms in total. The minimum absolute atomic E-state index is 0.204. The van der Waals surface area contributed by atoms with Crippen LogP contribution in [0, 0.1) is 23.7 Å². The van der Waals surface area contributed by atoms with E-state index < -0.39 is 35.5 Å². The molecule has 4 atom stereocenters. The van der Waals surface area contributed by atoms with Gasteiger partial charge in [-0.15, -0.1) is 0 Å². The normalized spacial score (nSPS) is 18.8. The first-order valence-corrected chi connectivity index (χ1v) is 19.3. The maximum absolute atomic E-state index is 7.19. The van der Waals surface area contributed by atoms with Crippen LogP contribution in [-0.4, -0.2) is 135 Å². The van der Waals surface area contributed by atoms with Crippen LogP contribution in [-0.2, 0) is 6.78 Å². The Labute approximate surface area is 219 Å². The van der Waals surface area contributed by atoms with Gasteiger partial charge in [-0.05, 0) is 0 Å².